The zero-order valence-corrected chi connectivity index (χ0v) is 17.8. The quantitative estimate of drug-likeness (QED) is 0.473. The molecule has 5 rings (SSSR count). The summed E-state index contributed by atoms with van der Waals surface area (Å²) in [5.41, 5.74) is 1.49. The molecule has 0 aliphatic carbocycles. The van der Waals surface area contributed by atoms with Crippen LogP contribution in [0.1, 0.15) is 16.1 Å². The number of piperazine rings is 1. The summed E-state index contributed by atoms with van der Waals surface area (Å²) in [6, 6.07) is 15.5. The van der Waals surface area contributed by atoms with Gasteiger partial charge in [0, 0.05) is 38.8 Å². The van der Waals surface area contributed by atoms with Crippen molar-refractivity contribution < 1.29 is 4.79 Å². The fourth-order valence-corrected chi connectivity index (χ4v) is 3.64. The van der Waals surface area contributed by atoms with E-state index < -0.39 is 5.91 Å². The lowest BCUT2D eigenvalue weighted by atomic mass is 10.2. The van der Waals surface area contributed by atoms with E-state index in [0.717, 1.165) is 38.5 Å². The van der Waals surface area contributed by atoms with Crippen molar-refractivity contribution in [1.82, 2.24) is 39.8 Å². The molecule has 1 aromatic carbocycles. The lowest BCUT2D eigenvalue weighted by Gasteiger charge is -2.35. The molecule has 33 heavy (non-hydrogen) atoms. The predicted molar refractivity (Wildman–Crippen MR) is 121 cm³/mol. The summed E-state index contributed by atoms with van der Waals surface area (Å²) in [6.07, 6.45) is 4.37. The first-order chi connectivity index (χ1) is 16.2. The van der Waals surface area contributed by atoms with E-state index in [2.05, 4.69) is 69.6 Å². The average molecular weight is 442 g/mol. The molecule has 0 spiro atoms. The number of benzene rings is 1. The molecular formula is C22H22N10O. The summed E-state index contributed by atoms with van der Waals surface area (Å²) in [6.45, 7) is 4.53. The van der Waals surface area contributed by atoms with Gasteiger partial charge in [-0.1, -0.05) is 30.3 Å². The zero-order valence-electron chi connectivity index (χ0n) is 17.8. The van der Waals surface area contributed by atoms with Gasteiger partial charge in [0.1, 0.15) is 30.6 Å². The van der Waals surface area contributed by atoms with Crippen molar-refractivity contribution in [2.24, 2.45) is 0 Å². The molecule has 1 N–H and O–H groups in total. The summed E-state index contributed by atoms with van der Waals surface area (Å²) < 4.78 is 1.46. The maximum atomic E-state index is 12.6. The lowest BCUT2D eigenvalue weighted by molar-refractivity contribution is 0.102. The van der Waals surface area contributed by atoms with Crippen LogP contribution in [-0.4, -0.2) is 71.9 Å². The summed E-state index contributed by atoms with van der Waals surface area (Å²) in [5, 5.41) is 14.7. The molecule has 0 saturated carbocycles. The summed E-state index contributed by atoms with van der Waals surface area (Å²) >= 11 is 0. The van der Waals surface area contributed by atoms with Gasteiger partial charge in [0.05, 0.1) is 0 Å². The highest BCUT2D eigenvalue weighted by Crippen LogP contribution is 2.18. The fourth-order valence-electron chi connectivity index (χ4n) is 3.64. The Kier molecular flexibility index (Phi) is 5.93. The number of rotatable bonds is 6. The van der Waals surface area contributed by atoms with Gasteiger partial charge in [-0.25, -0.2) is 19.6 Å². The third-order valence-electron chi connectivity index (χ3n) is 5.38. The minimum Gasteiger partial charge on any atom is -0.354 e. The third-order valence-corrected chi connectivity index (χ3v) is 5.38. The molecule has 166 valence electrons. The Hall–Kier alpha value is -4.25. The molecule has 1 aliphatic heterocycles. The van der Waals surface area contributed by atoms with E-state index in [9.17, 15) is 4.79 Å². The molecule has 0 atom stereocenters. The van der Waals surface area contributed by atoms with Gasteiger partial charge in [-0.3, -0.25) is 9.69 Å². The van der Waals surface area contributed by atoms with Gasteiger partial charge in [0.25, 0.3) is 5.91 Å². The topological polar surface area (TPSA) is 118 Å². The number of anilines is 2. The smallest absolute Gasteiger partial charge is 0.277 e. The molecule has 4 heterocycles. The van der Waals surface area contributed by atoms with Crippen LogP contribution >= 0.6 is 0 Å². The Morgan fingerprint density at radius 2 is 1.76 bits per heavy atom. The van der Waals surface area contributed by atoms with Crippen LogP contribution in [0, 0.1) is 0 Å². The molecule has 0 radical (unpaired) electrons. The van der Waals surface area contributed by atoms with Crippen molar-refractivity contribution in [3.63, 3.8) is 0 Å². The standard InChI is InChI=1S/C22H22N10O/c33-22(18-6-7-20(29-28-18)32-16-23-14-26-32)27-19-12-21(25-15-24-19)31-10-8-30(9-11-31)13-17-4-2-1-3-5-17/h1-7,12,14-16H,8-11,13H2,(H,24,25,27,33). The molecule has 11 heteroatoms. The van der Waals surface area contributed by atoms with Gasteiger partial charge in [0.2, 0.25) is 0 Å². The second-order valence-electron chi connectivity index (χ2n) is 7.58. The molecule has 1 fully saturated rings. The highest BCUT2D eigenvalue weighted by molar-refractivity contribution is 6.02. The fraction of sp³-hybridized carbons (Fsp3) is 0.227. The van der Waals surface area contributed by atoms with Crippen molar-refractivity contribution in [3.05, 3.63) is 78.8 Å². The van der Waals surface area contributed by atoms with Crippen LogP contribution in [0.5, 0.6) is 0 Å². The number of hydrogen-bond acceptors (Lipinski definition) is 9. The molecule has 0 bridgehead atoms. The van der Waals surface area contributed by atoms with Crippen molar-refractivity contribution in [2.45, 2.75) is 6.54 Å². The summed E-state index contributed by atoms with van der Waals surface area (Å²) in [7, 11) is 0. The molecule has 11 nitrogen and oxygen atoms in total. The van der Waals surface area contributed by atoms with Crippen LogP contribution in [0.25, 0.3) is 5.82 Å². The maximum absolute atomic E-state index is 12.6. The molecular weight excluding hydrogens is 420 g/mol. The monoisotopic (exact) mass is 442 g/mol. The van der Waals surface area contributed by atoms with Crippen LogP contribution in [0.3, 0.4) is 0 Å². The molecule has 1 aliphatic rings. The summed E-state index contributed by atoms with van der Waals surface area (Å²) in [4.78, 5) is 29.7. The first-order valence-corrected chi connectivity index (χ1v) is 10.6. The number of aromatic nitrogens is 7. The summed E-state index contributed by atoms with van der Waals surface area (Å²) in [5.74, 6) is 1.27. The third kappa shape index (κ3) is 4.99. The van der Waals surface area contributed by atoms with Crippen LogP contribution in [0.4, 0.5) is 11.6 Å². The Labute approximate surface area is 190 Å². The van der Waals surface area contributed by atoms with Gasteiger partial charge in [-0.2, -0.15) is 5.10 Å². The Balaban J connectivity index is 1.18. The number of nitrogens with one attached hydrogen (secondary N) is 1. The molecule has 3 aromatic heterocycles. The molecule has 0 unspecified atom stereocenters. The number of carbonyl (C=O) groups excluding carboxylic acids is 1. The highest BCUT2D eigenvalue weighted by atomic mass is 16.2. The first kappa shape index (κ1) is 20.6. The normalized spacial score (nSPS) is 14.2. The minimum atomic E-state index is -0.398. The zero-order chi connectivity index (χ0) is 22.5. The van der Waals surface area contributed by atoms with Crippen molar-refractivity contribution in [2.75, 3.05) is 36.4 Å². The van der Waals surface area contributed by atoms with Gasteiger partial charge < -0.3 is 10.2 Å². The SMILES string of the molecule is O=C(Nc1cc(N2CCN(Cc3ccccc3)CC2)ncn1)c1ccc(-n2cncn2)nn1. The van der Waals surface area contributed by atoms with Crippen LogP contribution in [0.15, 0.2) is 67.5 Å². The minimum absolute atomic E-state index is 0.175. The largest absolute Gasteiger partial charge is 0.354 e. The lowest BCUT2D eigenvalue weighted by Crippen LogP contribution is -2.46. The van der Waals surface area contributed by atoms with Crippen LogP contribution in [-0.2, 0) is 6.54 Å². The Bertz CT molecular complexity index is 1190. The maximum Gasteiger partial charge on any atom is 0.277 e. The van der Waals surface area contributed by atoms with E-state index in [-0.39, 0.29) is 5.69 Å². The van der Waals surface area contributed by atoms with E-state index in [0.29, 0.717) is 11.6 Å². The second kappa shape index (κ2) is 9.49. The van der Waals surface area contributed by atoms with Gasteiger partial charge in [-0.05, 0) is 17.7 Å². The van der Waals surface area contributed by atoms with Crippen molar-refractivity contribution >= 4 is 17.5 Å². The van der Waals surface area contributed by atoms with E-state index in [1.54, 1.807) is 18.2 Å². The Morgan fingerprint density at radius 1 is 0.909 bits per heavy atom. The van der Waals surface area contributed by atoms with E-state index in [1.807, 2.05) is 6.07 Å². The van der Waals surface area contributed by atoms with Gasteiger partial charge in [-0.15, -0.1) is 10.2 Å². The van der Waals surface area contributed by atoms with Crippen LogP contribution < -0.4 is 10.2 Å². The van der Waals surface area contributed by atoms with Gasteiger partial charge in [0.15, 0.2) is 11.5 Å². The average Bonchev–Trinajstić information content (AvgIpc) is 3.41. The molecule has 4 aromatic rings. The Morgan fingerprint density at radius 3 is 2.48 bits per heavy atom. The first-order valence-electron chi connectivity index (χ1n) is 10.6. The number of hydrogen-bond donors (Lipinski definition) is 1. The van der Waals surface area contributed by atoms with Gasteiger partial charge >= 0.3 is 0 Å². The van der Waals surface area contributed by atoms with E-state index in [1.165, 1.54) is 29.2 Å². The van der Waals surface area contributed by atoms with Crippen molar-refractivity contribution in [3.8, 4) is 5.82 Å². The predicted octanol–water partition coefficient (Wildman–Crippen LogP) is 1.42. The second-order valence-corrected chi connectivity index (χ2v) is 7.58. The number of amides is 1. The number of carbonyl (C=O) groups is 1. The number of nitrogens with zero attached hydrogens (tertiary/aromatic N) is 9. The van der Waals surface area contributed by atoms with E-state index in [4.69, 9.17) is 0 Å². The molecule has 1 amide bonds. The van der Waals surface area contributed by atoms with E-state index >= 15 is 0 Å². The molecule has 1 saturated heterocycles. The highest BCUT2D eigenvalue weighted by Gasteiger charge is 2.19. The van der Waals surface area contributed by atoms with Crippen molar-refractivity contribution in [1.29, 1.82) is 0 Å². The van der Waals surface area contributed by atoms with Crippen LogP contribution in [0.2, 0.25) is 0 Å².